The van der Waals surface area contributed by atoms with Crippen LogP contribution in [0.25, 0.3) is 11.1 Å². The average molecular weight is 583 g/mol. The van der Waals surface area contributed by atoms with Crippen molar-refractivity contribution >= 4 is 11.9 Å². The number of esters is 1. The van der Waals surface area contributed by atoms with Crippen LogP contribution in [0.5, 0.6) is 11.6 Å². The first-order valence-electron chi connectivity index (χ1n) is 14.2. The molecule has 4 rings (SSSR count). The molecule has 1 heterocycles. The molecule has 1 saturated carbocycles. The van der Waals surface area contributed by atoms with Gasteiger partial charge in [0.2, 0.25) is 5.88 Å². The predicted molar refractivity (Wildman–Crippen MR) is 158 cm³/mol. The number of carbonyl (C=O) groups is 2. The summed E-state index contributed by atoms with van der Waals surface area (Å²) in [6.45, 7) is 10.0. The van der Waals surface area contributed by atoms with Crippen molar-refractivity contribution in [1.82, 2.24) is 9.88 Å². The third-order valence-electron chi connectivity index (χ3n) is 6.85. The van der Waals surface area contributed by atoms with E-state index in [2.05, 4.69) is 9.88 Å². The normalized spacial score (nSPS) is 13.0. The number of carboxylic acid groups (broad SMARTS) is 1. The molecule has 7 nitrogen and oxygen atoms in total. The maximum atomic E-state index is 15.4. The number of hydrogen-bond donors (Lipinski definition) is 1. The molecule has 2 aromatic carbocycles. The lowest BCUT2D eigenvalue weighted by Crippen LogP contribution is -2.36. The van der Waals surface area contributed by atoms with E-state index in [0.717, 1.165) is 12.3 Å². The molecule has 1 atom stereocenters. The van der Waals surface area contributed by atoms with E-state index < -0.39 is 29.5 Å². The maximum absolute atomic E-state index is 15.4. The number of rotatable bonds is 11. The molecule has 9 heteroatoms. The van der Waals surface area contributed by atoms with Crippen LogP contribution in [0.2, 0.25) is 0 Å². The number of halogens is 2. The number of benzene rings is 2. The molecular weight excluding hydrogens is 542 g/mol. The minimum absolute atomic E-state index is 0.112. The second kappa shape index (κ2) is 14.9. The number of nitrogens with zero attached hydrogens (tertiary/aromatic N) is 2. The monoisotopic (exact) mass is 582 g/mol. The minimum Gasteiger partial charge on any atom is -0.481 e. The van der Waals surface area contributed by atoms with Crippen molar-refractivity contribution in [2.75, 3.05) is 7.11 Å². The topological polar surface area (TPSA) is 89.0 Å². The van der Waals surface area contributed by atoms with Crippen LogP contribution in [0.4, 0.5) is 8.78 Å². The number of hydrogen-bond acceptors (Lipinski definition) is 6. The van der Waals surface area contributed by atoms with E-state index in [1.54, 1.807) is 19.1 Å². The first-order chi connectivity index (χ1) is 19.9. The summed E-state index contributed by atoms with van der Waals surface area (Å²) >= 11 is 0. The van der Waals surface area contributed by atoms with Gasteiger partial charge in [-0.15, -0.1) is 0 Å². The highest BCUT2D eigenvalue weighted by molar-refractivity contribution is 5.91. The Morgan fingerprint density at radius 2 is 1.62 bits per heavy atom. The second-order valence-corrected chi connectivity index (χ2v) is 11.1. The van der Waals surface area contributed by atoms with Gasteiger partial charge in [0, 0.05) is 30.3 Å². The molecule has 1 aliphatic rings. The van der Waals surface area contributed by atoms with Gasteiger partial charge < -0.3 is 14.6 Å². The van der Waals surface area contributed by atoms with Gasteiger partial charge in [0.15, 0.2) is 11.6 Å². The minimum atomic E-state index is -0.947. The first kappa shape index (κ1) is 32.7. The Kier molecular flexibility index (Phi) is 11.6. The Morgan fingerprint density at radius 1 is 0.952 bits per heavy atom. The SMILES string of the molecule is C1CC1.COc1cc(-c2cc(F)c(OC(=O)c3cccc(CC(C)C(=O)O)c3)cc2CN(C(C)C)C(C)C)c(F)cn1. The Bertz CT molecular complexity index is 1380. The van der Waals surface area contributed by atoms with Gasteiger partial charge in [-0.3, -0.25) is 9.69 Å². The Hall–Kier alpha value is -3.85. The molecule has 1 aromatic heterocycles. The van der Waals surface area contributed by atoms with E-state index in [9.17, 15) is 19.1 Å². The molecule has 1 N–H and O–H groups in total. The zero-order chi connectivity index (χ0) is 31.0. The zero-order valence-corrected chi connectivity index (χ0v) is 25.1. The van der Waals surface area contributed by atoms with Crippen molar-refractivity contribution in [1.29, 1.82) is 0 Å². The molecule has 0 aliphatic heterocycles. The number of pyridine rings is 1. The predicted octanol–water partition coefficient (Wildman–Crippen LogP) is 7.31. The van der Waals surface area contributed by atoms with E-state index in [-0.39, 0.29) is 41.3 Å². The number of aliphatic carboxylic acids is 1. The van der Waals surface area contributed by atoms with E-state index in [1.165, 1.54) is 50.6 Å². The first-order valence-corrected chi connectivity index (χ1v) is 14.2. The lowest BCUT2D eigenvalue weighted by atomic mass is 9.98. The number of carbonyl (C=O) groups excluding carboxylic acids is 1. The van der Waals surface area contributed by atoms with Gasteiger partial charge in [-0.25, -0.2) is 18.6 Å². The fourth-order valence-electron chi connectivity index (χ4n) is 4.38. The second-order valence-electron chi connectivity index (χ2n) is 11.1. The van der Waals surface area contributed by atoms with Crippen LogP contribution in [0, 0.1) is 17.6 Å². The third-order valence-corrected chi connectivity index (χ3v) is 6.85. The standard InChI is InChI=1S/C30H34F2N2O5.C3H6/c1-17(2)34(18(3)4)16-22-12-27(25(31)13-23(22)24-14-28(38-6)33-15-26(24)32)39-30(37)21-9-7-8-20(11-21)10-19(5)29(35)36;1-2-3-1/h7-9,11-15,17-19H,10,16H2,1-6H3,(H,35,36);1-3H2. The number of carboxylic acids is 1. The molecule has 1 unspecified atom stereocenters. The van der Waals surface area contributed by atoms with Crippen molar-refractivity contribution in [2.45, 2.75) is 78.9 Å². The van der Waals surface area contributed by atoms with Gasteiger partial charge in [-0.1, -0.05) is 38.3 Å². The van der Waals surface area contributed by atoms with Crippen LogP contribution < -0.4 is 9.47 Å². The fourth-order valence-corrected chi connectivity index (χ4v) is 4.38. The van der Waals surface area contributed by atoms with Crippen LogP contribution in [-0.4, -0.2) is 46.1 Å². The van der Waals surface area contributed by atoms with E-state index in [0.29, 0.717) is 23.2 Å². The zero-order valence-electron chi connectivity index (χ0n) is 25.1. The molecule has 0 bridgehead atoms. The van der Waals surface area contributed by atoms with Crippen LogP contribution in [-0.2, 0) is 17.8 Å². The number of ether oxygens (including phenoxy) is 2. The number of methoxy groups -OCH3 is 1. The lowest BCUT2D eigenvalue weighted by molar-refractivity contribution is -0.141. The lowest BCUT2D eigenvalue weighted by Gasteiger charge is -2.31. The molecule has 1 aliphatic carbocycles. The Balaban J connectivity index is 0.00000151. The van der Waals surface area contributed by atoms with Gasteiger partial charge >= 0.3 is 11.9 Å². The fraction of sp³-hybridized carbons (Fsp3) is 0.424. The highest BCUT2D eigenvalue weighted by atomic mass is 19.1. The molecule has 0 radical (unpaired) electrons. The van der Waals surface area contributed by atoms with Crippen LogP contribution >= 0.6 is 0 Å². The molecule has 226 valence electrons. The summed E-state index contributed by atoms with van der Waals surface area (Å²) in [5.74, 6) is -3.98. The molecular formula is C33H40F2N2O5. The molecule has 42 heavy (non-hydrogen) atoms. The van der Waals surface area contributed by atoms with Crippen LogP contribution in [0.1, 0.15) is 75.4 Å². The summed E-state index contributed by atoms with van der Waals surface area (Å²) in [6, 6.07) is 10.6. The summed E-state index contributed by atoms with van der Waals surface area (Å²) in [7, 11) is 1.41. The summed E-state index contributed by atoms with van der Waals surface area (Å²) in [6.07, 6.45) is 5.75. The van der Waals surface area contributed by atoms with Gasteiger partial charge in [0.25, 0.3) is 0 Å². The smallest absolute Gasteiger partial charge is 0.343 e. The highest BCUT2D eigenvalue weighted by Gasteiger charge is 2.23. The molecule has 0 amide bonds. The molecule has 1 fully saturated rings. The Morgan fingerprint density at radius 3 is 2.19 bits per heavy atom. The Labute approximate surface area is 246 Å². The van der Waals surface area contributed by atoms with Crippen LogP contribution in [0.15, 0.2) is 48.7 Å². The van der Waals surface area contributed by atoms with Gasteiger partial charge in [-0.2, -0.15) is 0 Å². The molecule has 0 saturated heterocycles. The van der Waals surface area contributed by atoms with Crippen LogP contribution in [0.3, 0.4) is 0 Å². The highest BCUT2D eigenvalue weighted by Crippen LogP contribution is 2.35. The molecule has 3 aromatic rings. The van der Waals surface area contributed by atoms with Crippen molar-refractivity contribution in [3.63, 3.8) is 0 Å². The average Bonchev–Trinajstić information content (AvgIpc) is 3.83. The summed E-state index contributed by atoms with van der Waals surface area (Å²) in [4.78, 5) is 30.2. The summed E-state index contributed by atoms with van der Waals surface area (Å²) < 4.78 is 40.9. The van der Waals surface area contributed by atoms with Gasteiger partial charge in [0.1, 0.15) is 5.82 Å². The van der Waals surface area contributed by atoms with Crippen molar-refractivity contribution in [2.24, 2.45) is 5.92 Å². The summed E-state index contributed by atoms with van der Waals surface area (Å²) in [5, 5.41) is 9.18. The summed E-state index contributed by atoms with van der Waals surface area (Å²) in [5.41, 5.74) is 1.76. The quantitative estimate of drug-likeness (QED) is 0.187. The van der Waals surface area contributed by atoms with Crippen molar-refractivity contribution in [3.8, 4) is 22.8 Å². The van der Waals surface area contributed by atoms with E-state index in [1.807, 2.05) is 27.7 Å². The largest absolute Gasteiger partial charge is 0.481 e. The third kappa shape index (κ3) is 9.08. The van der Waals surface area contributed by atoms with Crippen molar-refractivity contribution < 1.29 is 33.0 Å². The van der Waals surface area contributed by atoms with E-state index >= 15 is 4.39 Å². The van der Waals surface area contributed by atoms with Gasteiger partial charge in [0.05, 0.1) is 24.8 Å². The number of aromatic nitrogens is 1. The van der Waals surface area contributed by atoms with Gasteiger partial charge in [-0.05, 0) is 75.1 Å². The molecule has 0 spiro atoms. The maximum Gasteiger partial charge on any atom is 0.343 e. The van der Waals surface area contributed by atoms with Crippen molar-refractivity contribution in [3.05, 3.63) is 77.0 Å². The van der Waals surface area contributed by atoms with E-state index in [4.69, 9.17) is 9.47 Å².